The number of para-hydroxylation sites is 1. The molecule has 0 saturated heterocycles. The molecular weight excluding hydrogens is 691 g/mol. The predicted octanol–water partition coefficient (Wildman–Crippen LogP) is 13.1. The lowest BCUT2D eigenvalue weighted by Gasteiger charge is -2.25. The molecule has 0 amide bonds. The lowest BCUT2D eigenvalue weighted by atomic mass is 9.80. The number of aryl methyl sites for hydroxylation is 1. The summed E-state index contributed by atoms with van der Waals surface area (Å²) in [5.41, 5.74) is 16.3. The maximum absolute atomic E-state index is 4.91. The van der Waals surface area contributed by atoms with E-state index in [0.717, 1.165) is 41.8 Å². The van der Waals surface area contributed by atoms with Crippen molar-refractivity contribution in [2.75, 3.05) is 19.0 Å². The molecule has 276 valence electrons. The SMILES string of the molecule is CN=C(c1cccc(-c2ccccc2)c1)c1ccccc1N(C)Cn1c2ccc(C3CCc4ccccc4-c4ccccc4C3)cc2c2c3ccccc3ccc21. The minimum Gasteiger partial charge on any atom is -0.356 e. The fourth-order valence-electron chi connectivity index (χ4n) is 9.41. The number of anilines is 1. The highest BCUT2D eigenvalue weighted by Crippen LogP contribution is 2.41. The van der Waals surface area contributed by atoms with Crippen LogP contribution in [0.5, 0.6) is 0 Å². The standard InChI is InChI=1S/C54H45N3/c1-55-54(44-21-14-20-40(34-44)37-15-4-3-5-16-37)48-25-12-13-26-50(48)56(2)36-57-51-31-30-42(35-49(51)53-47-24-11-7-18-39(47)29-32-52(53)57)41-28-27-38-17-6-9-22-45(38)46-23-10-8-19-43(46)33-41/h3-26,29-32,34-35,41H,27-28,33,36H2,1-2H3. The van der Waals surface area contributed by atoms with E-state index in [0.29, 0.717) is 12.6 Å². The number of benzene rings is 8. The summed E-state index contributed by atoms with van der Waals surface area (Å²) in [7, 11) is 4.12. The molecule has 57 heavy (non-hydrogen) atoms. The van der Waals surface area contributed by atoms with E-state index < -0.39 is 0 Å². The Morgan fingerprint density at radius 2 is 1.32 bits per heavy atom. The van der Waals surface area contributed by atoms with E-state index >= 15 is 0 Å². The van der Waals surface area contributed by atoms with Crippen molar-refractivity contribution in [2.45, 2.75) is 31.8 Å². The molecule has 1 unspecified atom stereocenters. The van der Waals surface area contributed by atoms with Gasteiger partial charge in [0.25, 0.3) is 0 Å². The molecule has 1 aliphatic carbocycles. The highest BCUT2D eigenvalue weighted by Gasteiger charge is 2.23. The number of hydrogen-bond donors (Lipinski definition) is 0. The van der Waals surface area contributed by atoms with E-state index in [1.165, 1.54) is 71.5 Å². The zero-order valence-electron chi connectivity index (χ0n) is 32.6. The topological polar surface area (TPSA) is 20.5 Å². The summed E-state index contributed by atoms with van der Waals surface area (Å²) in [5.74, 6) is 0.416. The third-order valence-corrected chi connectivity index (χ3v) is 12.2. The average Bonchev–Trinajstić information content (AvgIpc) is 3.58. The molecule has 0 bridgehead atoms. The van der Waals surface area contributed by atoms with Gasteiger partial charge < -0.3 is 9.47 Å². The summed E-state index contributed by atoms with van der Waals surface area (Å²) in [5, 5.41) is 5.22. The smallest absolute Gasteiger partial charge is 0.0949 e. The Kier molecular flexibility index (Phi) is 8.99. The molecule has 9 aromatic rings. The molecule has 0 N–H and O–H groups in total. The Morgan fingerprint density at radius 3 is 2.18 bits per heavy atom. The van der Waals surface area contributed by atoms with E-state index in [1.54, 1.807) is 0 Å². The van der Waals surface area contributed by atoms with Gasteiger partial charge in [-0.15, -0.1) is 0 Å². The Morgan fingerprint density at radius 1 is 0.614 bits per heavy atom. The number of nitrogens with zero attached hydrogens (tertiary/aromatic N) is 3. The van der Waals surface area contributed by atoms with Crippen LogP contribution in [0.15, 0.2) is 187 Å². The number of fused-ring (bicyclic) bond motifs is 8. The average molecular weight is 736 g/mol. The van der Waals surface area contributed by atoms with Crippen LogP contribution in [0.2, 0.25) is 0 Å². The van der Waals surface area contributed by atoms with Crippen LogP contribution < -0.4 is 4.90 Å². The van der Waals surface area contributed by atoms with Crippen LogP contribution in [0.1, 0.15) is 40.2 Å². The van der Waals surface area contributed by atoms with Crippen LogP contribution in [0.25, 0.3) is 54.8 Å². The van der Waals surface area contributed by atoms with E-state index in [2.05, 4.69) is 199 Å². The monoisotopic (exact) mass is 735 g/mol. The minimum atomic E-state index is 0.416. The highest BCUT2D eigenvalue weighted by atomic mass is 15.2. The summed E-state index contributed by atoms with van der Waals surface area (Å²) >= 11 is 0. The van der Waals surface area contributed by atoms with E-state index in [4.69, 9.17) is 4.99 Å². The molecule has 1 atom stereocenters. The second-order valence-electron chi connectivity index (χ2n) is 15.5. The summed E-state index contributed by atoms with van der Waals surface area (Å²) in [6.45, 7) is 0.684. The molecule has 3 heteroatoms. The first kappa shape index (κ1) is 34.8. The Bertz CT molecular complexity index is 2950. The van der Waals surface area contributed by atoms with Crippen LogP contribution in [0, 0.1) is 0 Å². The second kappa shape index (κ2) is 14.7. The van der Waals surface area contributed by atoms with Gasteiger partial charge in [-0.2, -0.15) is 0 Å². The fourth-order valence-corrected chi connectivity index (χ4v) is 9.41. The molecule has 1 aromatic heterocycles. The molecule has 1 heterocycles. The normalized spacial score (nSPS) is 14.3. The van der Waals surface area contributed by atoms with Crippen molar-refractivity contribution in [3.63, 3.8) is 0 Å². The molecular formula is C54H45N3. The predicted molar refractivity (Wildman–Crippen MR) is 242 cm³/mol. The summed E-state index contributed by atoms with van der Waals surface area (Å²) < 4.78 is 2.51. The van der Waals surface area contributed by atoms with Crippen LogP contribution in [0.3, 0.4) is 0 Å². The molecule has 8 aromatic carbocycles. The lowest BCUT2D eigenvalue weighted by molar-refractivity contribution is 0.618. The van der Waals surface area contributed by atoms with Gasteiger partial charge in [-0.3, -0.25) is 4.99 Å². The lowest BCUT2D eigenvalue weighted by Crippen LogP contribution is -2.23. The first-order valence-electron chi connectivity index (χ1n) is 20.2. The molecule has 3 nitrogen and oxygen atoms in total. The zero-order chi connectivity index (χ0) is 38.3. The molecule has 1 aliphatic rings. The molecule has 10 rings (SSSR count). The van der Waals surface area contributed by atoms with Gasteiger partial charge in [-0.05, 0) is 105 Å². The minimum absolute atomic E-state index is 0.416. The Labute approximate surface area is 335 Å². The highest BCUT2D eigenvalue weighted by molar-refractivity contribution is 6.21. The molecule has 0 aliphatic heterocycles. The largest absolute Gasteiger partial charge is 0.356 e. The maximum Gasteiger partial charge on any atom is 0.0949 e. The van der Waals surface area contributed by atoms with Crippen LogP contribution in [-0.4, -0.2) is 24.4 Å². The van der Waals surface area contributed by atoms with E-state index in [9.17, 15) is 0 Å². The van der Waals surface area contributed by atoms with Crippen molar-refractivity contribution in [1.29, 1.82) is 0 Å². The van der Waals surface area contributed by atoms with Gasteiger partial charge in [0.2, 0.25) is 0 Å². The van der Waals surface area contributed by atoms with Gasteiger partial charge in [-0.1, -0.05) is 152 Å². The van der Waals surface area contributed by atoms with Crippen molar-refractivity contribution in [1.82, 2.24) is 4.57 Å². The van der Waals surface area contributed by atoms with Gasteiger partial charge in [0.15, 0.2) is 0 Å². The van der Waals surface area contributed by atoms with Crippen LogP contribution >= 0.6 is 0 Å². The van der Waals surface area contributed by atoms with Gasteiger partial charge in [0.05, 0.1) is 23.4 Å². The zero-order valence-corrected chi connectivity index (χ0v) is 32.6. The maximum atomic E-state index is 4.91. The molecule has 0 spiro atoms. The number of rotatable bonds is 7. The first-order chi connectivity index (χ1) is 28.1. The van der Waals surface area contributed by atoms with Gasteiger partial charge in [0.1, 0.15) is 0 Å². The number of hydrogen-bond acceptors (Lipinski definition) is 2. The fraction of sp³-hybridized carbons (Fsp3) is 0.130. The van der Waals surface area contributed by atoms with Crippen molar-refractivity contribution >= 4 is 44.0 Å². The quantitative estimate of drug-likeness (QED) is 0.149. The second-order valence-corrected chi connectivity index (χ2v) is 15.5. The van der Waals surface area contributed by atoms with Crippen LogP contribution in [-0.2, 0) is 19.5 Å². The first-order valence-corrected chi connectivity index (χ1v) is 20.2. The molecule has 0 fully saturated rings. The molecule has 0 saturated carbocycles. The van der Waals surface area contributed by atoms with Crippen LogP contribution in [0.4, 0.5) is 5.69 Å². The number of aromatic nitrogens is 1. The third-order valence-electron chi connectivity index (χ3n) is 12.2. The number of aliphatic imine (C=N–C) groups is 1. The van der Waals surface area contributed by atoms with Gasteiger partial charge in [-0.25, -0.2) is 0 Å². The van der Waals surface area contributed by atoms with Gasteiger partial charge in [0, 0.05) is 41.7 Å². The summed E-state index contributed by atoms with van der Waals surface area (Å²) in [6.07, 6.45) is 3.22. The van der Waals surface area contributed by atoms with Crippen molar-refractivity contribution < 1.29 is 0 Å². The summed E-state index contributed by atoms with van der Waals surface area (Å²) in [6, 6.07) is 66.9. The Balaban J connectivity index is 1.06. The van der Waals surface area contributed by atoms with E-state index in [-0.39, 0.29) is 0 Å². The third kappa shape index (κ3) is 6.30. The van der Waals surface area contributed by atoms with Gasteiger partial charge >= 0.3 is 0 Å². The summed E-state index contributed by atoms with van der Waals surface area (Å²) in [4.78, 5) is 7.30. The van der Waals surface area contributed by atoms with Crippen molar-refractivity contribution in [3.8, 4) is 22.3 Å². The molecule has 0 radical (unpaired) electrons. The van der Waals surface area contributed by atoms with Crippen molar-refractivity contribution in [2.24, 2.45) is 4.99 Å². The Hall–Kier alpha value is -6.71. The van der Waals surface area contributed by atoms with Crippen molar-refractivity contribution in [3.05, 3.63) is 210 Å². The van der Waals surface area contributed by atoms with E-state index in [1.807, 2.05) is 7.05 Å².